The summed E-state index contributed by atoms with van der Waals surface area (Å²) in [6.07, 6.45) is 1.09. The first-order valence-corrected chi connectivity index (χ1v) is 6.87. The second kappa shape index (κ2) is 6.73. The fraction of sp³-hybridized carbons (Fsp3) is 0.500. The molecule has 2 rings (SSSR count). The average Bonchev–Trinajstić information content (AvgIpc) is 2.85. The summed E-state index contributed by atoms with van der Waals surface area (Å²) in [6.45, 7) is 9.61. The van der Waals surface area contributed by atoms with Gasteiger partial charge in [-0.15, -0.1) is 0 Å². The quantitative estimate of drug-likeness (QED) is 0.798. The van der Waals surface area contributed by atoms with E-state index in [9.17, 15) is 5.11 Å². The number of likely N-dealkylation sites (tertiary alicyclic amines) is 1. The highest BCUT2D eigenvalue weighted by molar-refractivity contribution is 5.33. The van der Waals surface area contributed by atoms with Crippen LogP contribution < -0.4 is 4.74 Å². The molecule has 1 N–H and O–H groups in total. The van der Waals surface area contributed by atoms with Gasteiger partial charge in [0.25, 0.3) is 0 Å². The van der Waals surface area contributed by atoms with Gasteiger partial charge in [0.15, 0.2) is 0 Å². The minimum Gasteiger partial charge on any atom is -0.489 e. The lowest BCUT2D eigenvalue weighted by Crippen LogP contribution is -2.21. The van der Waals surface area contributed by atoms with Crippen molar-refractivity contribution in [3.8, 4) is 5.75 Å². The molecule has 0 radical (unpaired) electrons. The zero-order valence-corrected chi connectivity index (χ0v) is 11.6. The molecule has 1 heterocycles. The van der Waals surface area contributed by atoms with Crippen LogP contribution in [0.15, 0.2) is 36.4 Å². The van der Waals surface area contributed by atoms with Crippen LogP contribution >= 0.6 is 0 Å². The van der Waals surface area contributed by atoms with E-state index >= 15 is 0 Å². The van der Waals surface area contributed by atoms with Crippen molar-refractivity contribution in [2.45, 2.75) is 19.9 Å². The number of nitrogens with zero attached hydrogens (tertiary/aromatic N) is 1. The Morgan fingerprint density at radius 2 is 2.26 bits per heavy atom. The maximum atomic E-state index is 9.19. The first kappa shape index (κ1) is 14.1. The predicted octanol–water partition coefficient (Wildman–Crippen LogP) is 2.46. The van der Waals surface area contributed by atoms with Crippen molar-refractivity contribution in [3.63, 3.8) is 0 Å². The van der Waals surface area contributed by atoms with E-state index < -0.39 is 0 Å². The number of aliphatic hydroxyl groups is 1. The molecule has 3 nitrogen and oxygen atoms in total. The highest BCUT2D eigenvalue weighted by atomic mass is 16.5. The lowest BCUT2D eigenvalue weighted by atomic mass is 10.1. The van der Waals surface area contributed by atoms with Crippen LogP contribution in [0, 0.1) is 5.92 Å². The van der Waals surface area contributed by atoms with E-state index in [2.05, 4.69) is 17.5 Å². The molecule has 0 spiro atoms. The van der Waals surface area contributed by atoms with Crippen molar-refractivity contribution in [2.24, 2.45) is 5.92 Å². The monoisotopic (exact) mass is 261 g/mol. The third-order valence-corrected chi connectivity index (χ3v) is 3.47. The summed E-state index contributed by atoms with van der Waals surface area (Å²) in [5, 5.41) is 9.19. The van der Waals surface area contributed by atoms with Crippen molar-refractivity contribution >= 4 is 0 Å². The third-order valence-electron chi connectivity index (χ3n) is 3.47. The Balaban J connectivity index is 1.97. The van der Waals surface area contributed by atoms with Gasteiger partial charge >= 0.3 is 0 Å². The highest BCUT2D eigenvalue weighted by Gasteiger charge is 2.22. The van der Waals surface area contributed by atoms with Gasteiger partial charge in [-0.05, 0) is 37.4 Å². The van der Waals surface area contributed by atoms with Crippen molar-refractivity contribution in [3.05, 3.63) is 42.0 Å². The number of hydrogen-bond donors (Lipinski definition) is 1. The molecule has 1 saturated heterocycles. The van der Waals surface area contributed by atoms with E-state index in [1.165, 1.54) is 5.56 Å². The van der Waals surface area contributed by atoms with E-state index in [1.807, 2.05) is 25.1 Å². The number of aliphatic hydroxyl groups excluding tert-OH is 1. The summed E-state index contributed by atoms with van der Waals surface area (Å²) in [5.41, 5.74) is 2.23. The summed E-state index contributed by atoms with van der Waals surface area (Å²) in [4.78, 5) is 2.38. The number of rotatable bonds is 6. The normalized spacial score (nSPS) is 19.6. The van der Waals surface area contributed by atoms with Gasteiger partial charge in [-0.2, -0.15) is 0 Å². The molecular weight excluding hydrogens is 238 g/mol. The van der Waals surface area contributed by atoms with Crippen molar-refractivity contribution in [1.82, 2.24) is 4.90 Å². The minimum absolute atomic E-state index is 0.296. The van der Waals surface area contributed by atoms with Crippen LogP contribution in [0.2, 0.25) is 0 Å². The number of para-hydroxylation sites is 1. The van der Waals surface area contributed by atoms with Gasteiger partial charge in [0.2, 0.25) is 0 Å². The Hall–Kier alpha value is -1.32. The fourth-order valence-electron chi connectivity index (χ4n) is 2.42. The molecule has 0 aliphatic carbocycles. The number of benzene rings is 1. The summed E-state index contributed by atoms with van der Waals surface area (Å²) in [7, 11) is 0. The van der Waals surface area contributed by atoms with E-state index in [0.717, 1.165) is 37.4 Å². The van der Waals surface area contributed by atoms with Gasteiger partial charge in [0, 0.05) is 25.3 Å². The first-order chi connectivity index (χ1) is 9.19. The molecule has 0 bridgehead atoms. The summed E-state index contributed by atoms with van der Waals surface area (Å²) in [6, 6.07) is 8.16. The van der Waals surface area contributed by atoms with E-state index in [1.54, 1.807) is 0 Å². The van der Waals surface area contributed by atoms with Gasteiger partial charge < -0.3 is 9.84 Å². The SMILES string of the molecule is C=C(C)COc1ccccc1CN1CC[C@H](CO)C1. The van der Waals surface area contributed by atoms with Crippen molar-refractivity contribution in [2.75, 3.05) is 26.3 Å². The summed E-state index contributed by atoms with van der Waals surface area (Å²) >= 11 is 0. The third kappa shape index (κ3) is 4.08. The predicted molar refractivity (Wildman–Crippen MR) is 77.2 cm³/mol. The topological polar surface area (TPSA) is 32.7 Å². The van der Waals surface area contributed by atoms with Crippen LogP contribution in [-0.2, 0) is 6.54 Å². The Labute approximate surface area is 115 Å². The van der Waals surface area contributed by atoms with Crippen LogP contribution in [0.5, 0.6) is 5.75 Å². The maximum Gasteiger partial charge on any atom is 0.124 e. The van der Waals surface area contributed by atoms with Crippen LogP contribution in [0.4, 0.5) is 0 Å². The Bertz CT molecular complexity index is 431. The lowest BCUT2D eigenvalue weighted by molar-refractivity contribution is 0.219. The highest BCUT2D eigenvalue weighted by Crippen LogP contribution is 2.24. The molecule has 1 atom stereocenters. The summed E-state index contributed by atoms with van der Waals surface area (Å²) < 4.78 is 5.79. The average molecular weight is 261 g/mol. The second-order valence-electron chi connectivity index (χ2n) is 5.43. The Morgan fingerprint density at radius 3 is 2.95 bits per heavy atom. The molecule has 1 aromatic rings. The van der Waals surface area contributed by atoms with Gasteiger partial charge in [0.1, 0.15) is 12.4 Å². The van der Waals surface area contributed by atoms with E-state index in [4.69, 9.17) is 4.74 Å². The summed E-state index contributed by atoms with van der Waals surface area (Å²) in [5.74, 6) is 1.38. The molecule has 19 heavy (non-hydrogen) atoms. The second-order valence-corrected chi connectivity index (χ2v) is 5.43. The zero-order chi connectivity index (χ0) is 13.7. The molecular formula is C16H23NO2. The molecule has 1 aromatic carbocycles. The van der Waals surface area contributed by atoms with Crippen LogP contribution in [0.3, 0.4) is 0 Å². The van der Waals surface area contributed by atoms with Crippen molar-refractivity contribution < 1.29 is 9.84 Å². The molecule has 1 fully saturated rings. The Morgan fingerprint density at radius 1 is 1.47 bits per heavy atom. The van der Waals surface area contributed by atoms with E-state index in [0.29, 0.717) is 19.1 Å². The lowest BCUT2D eigenvalue weighted by Gasteiger charge is -2.18. The maximum absolute atomic E-state index is 9.19. The van der Waals surface area contributed by atoms with Gasteiger partial charge in [-0.1, -0.05) is 24.8 Å². The van der Waals surface area contributed by atoms with Crippen LogP contribution in [-0.4, -0.2) is 36.3 Å². The standard InChI is InChI=1S/C16H23NO2/c1-13(2)12-19-16-6-4-3-5-15(16)10-17-8-7-14(9-17)11-18/h3-6,14,18H,1,7-12H2,2H3/t14-/m0/s1. The number of hydrogen-bond acceptors (Lipinski definition) is 3. The molecule has 104 valence electrons. The number of ether oxygens (including phenoxy) is 1. The smallest absolute Gasteiger partial charge is 0.124 e. The molecule has 0 aromatic heterocycles. The van der Waals surface area contributed by atoms with Crippen molar-refractivity contribution in [1.29, 1.82) is 0 Å². The minimum atomic E-state index is 0.296. The molecule has 1 aliphatic heterocycles. The molecule has 0 amide bonds. The first-order valence-electron chi connectivity index (χ1n) is 6.87. The van der Waals surface area contributed by atoms with Gasteiger partial charge in [0.05, 0.1) is 0 Å². The fourth-order valence-corrected chi connectivity index (χ4v) is 2.42. The van der Waals surface area contributed by atoms with Gasteiger partial charge in [-0.25, -0.2) is 0 Å². The van der Waals surface area contributed by atoms with E-state index in [-0.39, 0.29) is 0 Å². The van der Waals surface area contributed by atoms with Crippen LogP contribution in [0.25, 0.3) is 0 Å². The largest absolute Gasteiger partial charge is 0.489 e. The molecule has 0 unspecified atom stereocenters. The van der Waals surface area contributed by atoms with Gasteiger partial charge in [-0.3, -0.25) is 4.90 Å². The zero-order valence-electron chi connectivity index (χ0n) is 11.6. The molecule has 1 aliphatic rings. The molecule has 0 saturated carbocycles. The molecule has 3 heteroatoms. The van der Waals surface area contributed by atoms with Crippen LogP contribution in [0.1, 0.15) is 18.9 Å². The Kier molecular flexibility index (Phi) is 5.00.